The molecular formula is C14H17N3O2S. The van der Waals surface area contributed by atoms with Crippen molar-refractivity contribution in [1.29, 1.82) is 0 Å². The van der Waals surface area contributed by atoms with Gasteiger partial charge in [-0.3, -0.25) is 4.79 Å². The topological polar surface area (TPSA) is 64.1 Å². The lowest BCUT2D eigenvalue weighted by Crippen LogP contribution is -2.10. The van der Waals surface area contributed by atoms with Crippen molar-refractivity contribution in [3.8, 4) is 16.3 Å². The molecule has 0 saturated heterocycles. The van der Waals surface area contributed by atoms with Gasteiger partial charge in [0.1, 0.15) is 5.75 Å². The molecule has 0 unspecified atom stereocenters. The lowest BCUT2D eigenvalue weighted by atomic mass is 10.2. The summed E-state index contributed by atoms with van der Waals surface area (Å²) in [7, 11) is 1.62. The Balaban J connectivity index is 2.10. The number of rotatable bonds is 6. The Morgan fingerprint density at radius 2 is 2.15 bits per heavy atom. The summed E-state index contributed by atoms with van der Waals surface area (Å²) in [6, 6.07) is 7.60. The molecule has 1 aromatic heterocycles. The van der Waals surface area contributed by atoms with Gasteiger partial charge in [0.05, 0.1) is 12.7 Å². The molecule has 1 amide bonds. The molecule has 0 radical (unpaired) electrons. The highest BCUT2D eigenvalue weighted by atomic mass is 32.1. The lowest BCUT2D eigenvalue weighted by molar-refractivity contribution is -0.116. The fraction of sp³-hybridized carbons (Fsp3) is 0.357. The van der Waals surface area contributed by atoms with Gasteiger partial charge >= 0.3 is 0 Å². The number of carbonyl (C=O) groups excluding carboxylic acids is 1. The second-order valence-corrected chi connectivity index (χ2v) is 5.24. The third-order valence-electron chi connectivity index (χ3n) is 2.77. The number of methoxy groups -OCH3 is 1. The molecule has 2 rings (SSSR count). The van der Waals surface area contributed by atoms with E-state index in [1.807, 2.05) is 24.3 Å². The first-order chi connectivity index (χ1) is 9.74. The number of anilines is 1. The number of aromatic nitrogens is 2. The first-order valence-electron chi connectivity index (χ1n) is 6.51. The largest absolute Gasteiger partial charge is 0.496 e. The highest BCUT2D eigenvalue weighted by molar-refractivity contribution is 7.18. The number of unbranched alkanes of at least 4 members (excludes halogenated alkanes) is 1. The molecule has 1 N–H and O–H groups in total. The summed E-state index contributed by atoms with van der Waals surface area (Å²) in [6.07, 6.45) is 2.39. The van der Waals surface area contributed by atoms with Gasteiger partial charge in [0.15, 0.2) is 5.01 Å². The van der Waals surface area contributed by atoms with Gasteiger partial charge in [-0.05, 0) is 18.6 Å². The number of ether oxygens (including phenoxy) is 1. The molecule has 0 aliphatic heterocycles. The maximum Gasteiger partial charge on any atom is 0.226 e. The molecule has 0 atom stereocenters. The quantitative estimate of drug-likeness (QED) is 0.886. The van der Waals surface area contributed by atoms with Crippen LogP contribution in [0.4, 0.5) is 5.13 Å². The van der Waals surface area contributed by atoms with Gasteiger partial charge in [-0.1, -0.05) is 36.8 Å². The number of para-hydroxylation sites is 1. The van der Waals surface area contributed by atoms with Crippen LogP contribution in [0, 0.1) is 0 Å². The average molecular weight is 291 g/mol. The average Bonchev–Trinajstić information content (AvgIpc) is 2.93. The number of nitrogens with one attached hydrogen (secondary N) is 1. The zero-order valence-corrected chi connectivity index (χ0v) is 12.4. The molecule has 0 saturated carbocycles. The second-order valence-electron chi connectivity index (χ2n) is 4.26. The molecule has 5 nitrogen and oxygen atoms in total. The minimum Gasteiger partial charge on any atom is -0.496 e. The summed E-state index contributed by atoms with van der Waals surface area (Å²) in [4.78, 5) is 11.6. The van der Waals surface area contributed by atoms with Crippen LogP contribution in [-0.2, 0) is 4.79 Å². The summed E-state index contributed by atoms with van der Waals surface area (Å²) in [5, 5.41) is 12.1. The molecular weight excluding hydrogens is 274 g/mol. The summed E-state index contributed by atoms with van der Waals surface area (Å²) >= 11 is 1.34. The van der Waals surface area contributed by atoms with Crippen molar-refractivity contribution in [2.24, 2.45) is 0 Å². The van der Waals surface area contributed by atoms with Gasteiger partial charge in [0.25, 0.3) is 0 Å². The minimum atomic E-state index is -0.0189. The van der Waals surface area contributed by atoms with Gasteiger partial charge in [-0.2, -0.15) is 0 Å². The smallest absolute Gasteiger partial charge is 0.226 e. The van der Waals surface area contributed by atoms with E-state index >= 15 is 0 Å². The minimum absolute atomic E-state index is 0.0189. The van der Waals surface area contributed by atoms with E-state index in [9.17, 15) is 4.79 Å². The Hall–Kier alpha value is -1.95. The van der Waals surface area contributed by atoms with Crippen molar-refractivity contribution in [2.45, 2.75) is 26.2 Å². The van der Waals surface area contributed by atoms with Crippen molar-refractivity contribution in [1.82, 2.24) is 10.2 Å². The maximum atomic E-state index is 11.6. The third kappa shape index (κ3) is 3.54. The predicted molar refractivity (Wildman–Crippen MR) is 80.1 cm³/mol. The number of hydrogen-bond donors (Lipinski definition) is 1. The van der Waals surface area contributed by atoms with Gasteiger partial charge in [-0.15, -0.1) is 10.2 Å². The summed E-state index contributed by atoms with van der Waals surface area (Å²) in [5.74, 6) is 0.724. The predicted octanol–water partition coefficient (Wildman–Crippen LogP) is 3.34. The van der Waals surface area contributed by atoms with Crippen molar-refractivity contribution in [2.75, 3.05) is 12.4 Å². The molecule has 6 heteroatoms. The van der Waals surface area contributed by atoms with E-state index in [1.165, 1.54) is 11.3 Å². The fourth-order valence-electron chi connectivity index (χ4n) is 1.72. The van der Waals surface area contributed by atoms with Gasteiger partial charge in [-0.25, -0.2) is 0 Å². The van der Waals surface area contributed by atoms with E-state index in [2.05, 4.69) is 22.4 Å². The Kier molecular flexibility index (Phi) is 5.06. The Labute approximate surface area is 122 Å². The van der Waals surface area contributed by atoms with Gasteiger partial charge < -0.3 is 10.1 Å². The molecule has 0 aliphatic carbocycles. The highest BCUT2D eigenvalue weighted by Crippen LogP contribution is 2.33. The Bertz CT molecular complexity index is 583. The summed E-state index contributed by atoms with van der Waals surface area (Å²) in [6.45, 7) is 2.05. The van der Waals surface area contributed by atoms with Gasteiger partial charge in [0.2, 0.25) is 11.0 Å². The van der Waals surface area contributed by atoms with Crippen molar-refractivity contribution in [3.05, 3.63) is 24.3 Å². The van der Waals surface area contributed by atoms with E-state index in [-0.39, 0.29) is 5.91 Å². The van der Waals surface area contributed by atoms with E-state index in [4.69, 9.17) is 4.74 Å². The zero-order valence-electron chi connectivity index (χ0n) is 11.5. The third-order valence-corrected chi connectivity index (χ3v) is 3.64. The first kappa shape index (κ1) is 14.5. The fourth-order valence-corrected chi connectivity index (χ4v) is 2.51. The normalized spacial score (nSPS) is 10.3. The van der Waals surface area contributed by atoms with Crippen LogP contribution in [0.3, 0.4) is 0 Å². The molecule has 106 valence electrons. The second kappa shape index (κ2) is 7.00. The molecule has 0 fully saturated rings. The van der Waals surface area contributed by atoms with Crippen molar-refractivity contribution in [3.63, 3.8) is 0 Å². The Morgan fingerprint density at radius 1 is 1.35 bits per heavy atom. The number of amides is 1. The van der Waals surface area contributed by atoms with E-state index in [0.717, 1.165) is 29.2 Å². The van der Waals surface area contributed by atoms with Crippen LogP contribution >= 0.6 is 11.3 Å². The summed E-state index contributed by atoms with van der Waals surface area (Å²) < 4.78 is 5.29. The van der Waals surface area contributed by atoms with E-state index < -0.39 is 0 Å². The number of hydrogen-bond acceptors (Lipinski definition) is 5. The van der Waals surface area contributed by atoms with Crippen LogP contribution in [-0.4, -0.2) is 23.2 Å². The van der Waals surface area contributed by atoms with Crippen LogP contribution in [0.2, 0.25) is 0 Å². The first-order valence-corrected chi connectivity index (χ1v) is 7.33. The molecule has 1 heterocycles. The standard InChI is InChI=1S/C14H17N3O2S/c1-3-4-9-12(18)15-14-17-16-13(20-14)10-7-5-6-8-11(10)19-2/h5-8H,3-4,9H2,1-2H3,(H,15,17,18). The number of carbonyl (C=O) groups is 1. The monoisotopic (exact) mass is 291 g/mol. The zero-order chi connectivity index (χ0) is 14.4. The van der Waals surface area contributed by atoms with Crippen LogP contribution < -0.4 is 10.1 Å². The molecule has 0 bridgehead atoms. The van der Waals surface area contributed by atoms with Crippen molar-refractivity contribution < 1.29 is 9.53 Å². The highest BCUT2D eigenvalue weighted by Gasteiger charge is 2.12. The van der Waals surface area contributed by atoms with Crippen molar-refractivity contribution >= 4 is 22.4 Å². The lowest BCUT2D eigenvalue weighted by Gasteiger charge is -2.03. The number of nitrogens with zero attached hydrogens (tertiary/aromatic N) is 2. The van der Waals surface area contributed by atoms with Crippen LogP contribution in [0.5, 0.6) is 5.75 Å². The van der Waals surface area contributed by atoms with Crippen LogP contribution in [0.15, 0.2) is 24.3 Å². The van der Waals surface area contributed by atoms with Crippen LogP contribution in [0.1, 0.15) is 26.2 Å². The Morgan fingerprint density at radius 3 is 2.90 bits per heavy atom. The maximum absolute atomic E-state index is 11.6. The number of benzene rings is 1. The summed E-state index contributed by atoms with van der Waals surface area (Å²) in [5.41, 5.74) is 0.876. The SMILES string of the molecule is CCCCC(=O)Nc1nnc(-c2ccccc2OC)s1. The molecule has 0 spiro atoms. The van der Waals surface area contributed by atoms with Gasteiger partial charge in [0, 0.05) is 6.42 Å². The van der Waals surface area contributed by atoms with E-state index in [0.29, 0.717) is 11.6 Å². The molecule has 2 aromatic rings. The molecule has 1 aromatic carbocycles. The van der Waals surface area contributed by atoms with E-state index in [1.54, 1.807) is 7.11 Å². The molecule has 0 aliphatic rings. The van der Waals surface area contributed by atoms with Crippen LogP contribution in [0.25, 0.3) is 10.6 Å². The molecule has 20 heavy (non-hydrogen) atoms.